The lowest BCUT2D eigenvalue weighted by Crippen LogP contribution is -3.17. The Labute approximate surface area is 58.0 Å². The minimum Gasteiger partial charge on any atom is -0.633 e. The minimum atomic E-state index is 0.00231. The molecule has 0 aromatic heterocycles. The smallest absolute Gasteiger partial charge is 0.191 e. The van der Waals surface area contributed by atoms with Gasteiger partial charge in [0.15, 0.2) is 5.12 Å². The molecule has 2 atom stereocenters. The minimum absolute atomic E-state index is 0.00231. The molecular weight excluding hydrogens is 138 g/mol. The summed E-state index contributed by atoms with van der Waals surface area (Å²) in [5, 5.41) is 10.9. The van der Waals surface area contributed by atoms with Gasteiger partial charge in [-0.3, -0.25) is 4.79 Å². The summed E-state index contributed by atoms with van der Waals surface area (Å²) in [6.45, 7) is 2.17. The Hall–Kier alpha value is -0.0600. The molecule has 52 valence electrons. The van der Waals surface area contributed by atoms with Crippen molar-refractivity contribution in [2.45, 2.75) is 18.7 Å². The second kappa shape index (κ2) is 2.68. The van der Waals surface area contributed by atoms with Crippen LogP contribution in [-0.2, 0) is 4.79 Å². The number of rotatable bonds is 1. The quantitative estimate of drug-likeness (QED) is 0.503. The molecule has 0 aromatic carbocycles. The summed E-state index contributed by atoms with van der Waals surface area (Å²) in [6.07, 6.45) is 0.892. The monoisotopic (exact) mass is 147 g/mol. The maximum absolute atomic E-state index is 10.6. The van der Waals surface area contributed by atoms with Crippen molar-refractivity contribution in [3.63, 3.8) is 0 Å². The van der Waals surface area contributed by atoms with Crippen LogP contribution >= 0.6 is 11.8 Å². The van der Waals surface area contributed by atoms with Crippen molar-refractivity contribution >= 4 is 16.9 Å². The van der Waals surface area contributed by atoms with Crippen LogP contribution in [0, 0.1) is 5.21 Å². The van der Waals surface area contributed by atoms with Gasteiger partial charge in [0.05, 0.1) is 13.0 Å². The van der Waals surface area contributed by atoms with E-state index in [1.54, 1.807) is 0 Å². The Balaban J connectivity index is 2.21. The van der Waals surface area contributed by atoms with Crippen molar-refractivity contribution in [1.29, 1.82) is 0 Å². The van der Waals surface area contributed by atoms with Gasteiger partial charge in [0.1, 0.15) is 5.37 Å². The Morgan fingerprint density at radius 1 is 1.89 bits per heavy atom. The lowest BCUT2D eigenvalue weighted by molar-refractivity contribution is -0.901. The lowest BCUT2D eigenvalue weighted by atomic mass is 10.3. The molecule has 1 saturated heterocycles. The molecule has 0 aliphatic carbocycles. The van der Waals surface area contributed by atoms with Crippen LogP contribution in [0.1, 0.15) is 13.3 Å². The van der Waals surface area contributed by atoms with Crippen LogP contribution in [0.2, 0.25) is 0 Å². The number of quaternary nitrogens is 1. The summed E-state index contributed by atoms with van der Waals surface area (Å²) in [6, 6.07) is 0. The Bertz CT molecular complexity index is 128. The molecule has 1 rings (SSSR count). The van der Waals surface area contributed by atoms with Gasteiger partial charge < -0.3 is 10.3 Å². The summed E-state index contributed by atoms with van der Waals surface area (Å²) in [7, 11) is 0. The predicted molar refractivity (Wildman–Crippen MR) is 35.9 cm³/mol. The van der Waals surface area contributed by atoms with Gasteiger partial charge in [0.25, 0.3) is 0 Å². The summed E-state index contributed by atoms with van der Waals surface area (Å²) in [5.74, 6) is 0. The number of carbonyl (C=O) groups is 1. The van der Waals surface area contributed by atoms with E-state index < -0.39 is 0 Å². The Morgan fingerprint density at radius 2 is 2.56 bits per heavy atom. The fourth-order valence-electron chi connectivity index (χ4n) is 0.705. The second-order valence-electron chi connectivity index (χ2n) is 2.10. The van der Waals surface area contributed by atoms with E-state index >= 15 is 0 Å². The van der Waals surface area contributed by atoms with Crippen molar-refractivity contribution in [2.24, 2.45) is 0 Å². The Kier molecular flexibility index (Phi) is 2.10. The third kappa shape index (κ3) is 1.67. The van der Waals surface area contributed by atoms with Crippen LogP contribution < -0.4 is 5.06 Å². The predicted octanol–water partition coefficient (Wildman–Crippen LogP) is -0.621. The zero-order valence-electron chi connectivity index (χ0n) is 5.22. The number of hydrogen-bond acceptors (Lipinski definition) is 3. The molecule has 2 unspecified atom stereocenters. The first-order valence-electron chi connectivity index (χ1n) is 2.90. The molecule has 1 aliphatic rings. The van der Waals surface area contributed by atoms with E-state index in [4.69, 9.17) is 0 Å². The molecule has 1 fully saturated rings. The van der Waals surface area contributed by atoms with Gasteiger partial charge in [0.2, 0.25) is 0 Å². The topological polar surface area (TPSA) is 44.6 Å². The molecule has 0 spiro atoms. The van der Waals surface area contributed by atoms with Crippen molar-refractivity contribution in [3.8, 4) is 0 Å². The molecule has 4 heteroatoms. The molecule has 1 heterocycles. The van der Waals surface area contributed by atoms with Crippen LogP contribution in [0.5, 0.6) is 0 Å². The van der Waals surface area contributed by atoms with E-state index in [2.05, 4.69) is 0 Å². The molecule has 3 nitrogen and oxygen atoms in total. The van der Waals surface area contributed by atoms with Crippen molar-refractivity contribution in [2.75, 3.05) is 6.54 Å². The normalized spacial score (nSPS) is 33.6. The summed E-state index contributed by atoms with van der Waals surface area (Å²) in [4.78, 5) is 10.4. The van der Waals surface area contributed by atoms with E-state index in [0.717, 1.165) is 18.2 Å². The van der Waals surface area contributed by atoms with E-state index in [9.17, 15) is 10.0 Å². The van der Waals surface area contributed by atoms with Crippen LogP contribution in [0.3, 0.4) is 0 Å². The highest BCUT2D eigenvalue weighted by atomic mass is 32.2. The first-order chi connectivity index (χ1) is 4.20. The lowest BCUT2D eigenvalue weighted by Gasteiger charge is -2.38. The van der Waals surface area contributed by atoms with Crippen LogP contribution in [0.4, 0.5) is 0 Å². The highest BCUT2D eigenvalue weighted by molar-refractivity contribution is 8.13. The fraction of sp³-hybridized carbons (Fsp3) is 0.800. The highest BCUT2D eigenvalue weighted by Gasteiger charge is 2.27. The van der Waals surface area contributed by atoms with Crippen LogP contribution in [0.15, 0.2) is 0 Å². The molecule has 9 heavy (non-hydrogen) atoms. The Morgan fingerprint density at radius 3 is 2.67 bits per heavy atom. The maximum atomic E-state index is 10.6. The molecule has 0 radical (unpaired) electrons. The third-order valence-electron chi connectivity index (χ3n) is 1.32. The second-order valence-corrected chi connectivity index (χ2v) is 3.48. The number of hydroxylamine groups is 2. The summed E-state index contributed by atoms with van der Waals surface area (Å²) >= 11 is 1.16. The van der Waals surface area contributed by atoms with Crippen LogP contribution in [0.25, 0.3) is 0 Å². The summed E-state index contributed by atoms with van der Waals surface area (Å²) < 4.78 is 0. The largest absolute Gasteiger partial charge is 0.633 e. The molecule has 0 aromatic rings. The average Bonchev–Trinajstić information content (AvgIpc) is 1.79. The van der Waals surface area contributed by atoms with E-state index in [1.165, 1.54) is 6.92 Å². The first kappa shape index (κ1) is 7.05. The van der Waals surface area contributed by atoms with Gasteiger partial charge in [-0.25, -0.2) is 0 Å². The number of hydrogen-bond donors (Lipinski definition) is 1. The molecule has 1 N–H and O–H groups in total. The van der Waals surface area contributed by atoms with Crippen LogP contribution in [-0.4, -0.2) is 17.0 Å². The van der Waals surface area contributed by atoms with Gasteiger partial charge in [-0.2, -0.15) is 0 Å². The zero-order chi connectivity index (χ0) is 6.85. The van der Waals surface area contributed by atoms with Gasteiger partial charge in [-0.05, 0) is 11.8 Å². The molecular formula is C5H9NO2S. The van der Waals surface area contributed by atoms with E-state index in [-0.39, 0.29) is 15.6 Å². The molecule has 1 aliphatic heterocycles. The van der Waals surface area contributed by atoms with Gasteiger partial charge in [-0.15, -0.1) is 0 Å². The van der Waals surface area contributed by atoms with Crippen molar-refractivity contribution < 1.29 is 9.86 Å². The molecule has 0 saturated carbocycles. The standard InChI is InChI=1S/C5H9NO2S/c1-4(7)9-5-2-3-6(5)8/h5-6H,2-3H2,1H3. The fourth-order valence-corrected chi connectivity index (χ4v) is 1.59. The van der Waals surface area contributed by atoms with Gasteiger partial charge >= 0.3 is 0 Å². The molecule has 0 bridgehead atoms. The number of thioether (sulfide) groups is 1. The highest BCUT2D eigenvalue weighted by Crippen LogP contribution is 2.12. The zero-order valence-corrected chi connectivity index (χ0v) is 6.03. The van der Waals surface area contributed by atoms with Crippen molar-refractivity contribution in [3.05, 3.63) is 5.21 Å². The molecule has 0 amide bonds. The maximum Gasteiger partial charge on any atom is 0.191 e. The number of nitrogens with one attached hydrogen (secondary N) is 1. The van der Waals surface area contributed by atoms with Gasteiger partial charge in [0, 0.05) is 6.92 Å². The number of carbonyl (C=O) groups excluding carboxylic acids is 1. The average molecular weight is 147 g/mol. The first-order valence-corrected chi connectivity index (χ1v) is 3.78. The third-order valence-corrected chi connectivity index (χ3v) is 2.44. The van der Waals surface area contributed by atoms with Gasteiger partial charge in [-0.1, -0.05) is 0 Å². The van der Waals surface area contributed by atoms with E-state index in [0.29, 0.717) is 6.54 Å². The SMILES string of the molecule is CC(=O)SC1CC[NH+]1[O-]. The van der Waals surface area contributed by atoms with Crippen molar-refractivity contribution in [1.82, 2.24) is 0 Å². The van der Waals surface area contributed by atoms with E-state index in [1.807, 2.05) is 0 Å². The summed E-state index contributed by atoms with van der Waals surface area (Å²) in [5.41, 5.74) is 0.